The largest absolute Gasteiger partial charge is 0.482 e. The fourth-order valence-electron chi connectivity index (χ4n) is 3.48. The van der Waals surface area contributed by atoms with Gasteiger partial charge in [0.1, 0.15) is 0 Å². The average Bonchev–Trinajstić information content (AvgIpc) is 3.14. The molecule has 3 heterocycles. The van der Waals surface area contributed by atoms with E-state index in [1.807, 2.05) is 5.32 Å². The number of hydrogen-bond donors (Lipinski definition) is 4. The van der Waals surface area contributed by atoms with Gasteiger partial charge in [0.05, 0.1) is 19.3 Å². The molecule has 2 amide bonds. The third kappa shape index (κ3) is 2.05. The normalized spacial score (nSPS) is 41.8. The summed E-state index contributed by atoms with van der Waals surface area (Å²) >= 11 is 0. The van der Waals surface area contributed by atoms with Gasteiger partial charge < -0.3 is 25.1 Å². The molecule has 3 aliphatic rings. The van der Waals surface area contributed by atoms with Gasteiger partial charge in [-0.3, -0.25) is 5.32 Å². The fraction of sp³-hybridized carbons (Fsp3) is 0.846. The van der Waals surface area contributed by atoms with E-state index in [9.17, 15) is 15.1 Å². The Morgan fingerprint density at radius 1 is 1.61 bits per heavy atom. The molecule has 0 aliphatic carbocycles. The van der Waals surface area contributed by atoms with E-state index in [0.717, 1.165) is 6.42 Å². The number of hydroxylamine groups is 2. The molecule has 23 heavy (non-hydrogen) atoms. The zero-order chi connectivity index (χ0) is 16.8. The Morgan fingerprint density at radius 2 is 2.35 bits per heavy atom. The molecule has 2 saturated heterocycles. The number of rotatable bonds is 3. The van der Waals surface area contributed by atoms with Gasteiger partial charge in [-0.05, 0) is 19.3 Å². The number of aliphatic hydroxyl groups excluding tert-OH is 1. The number of nitrogens with zero attached hydrogens (tertiary/aromatic N) is 2. The van der Waals surface area contributed by atoms with Crippen LogP contribution in [-0.4, -0.2) is 70.9 Å². The Bertz CT molecular complexity index is 528. The minimum atomic E-state index is -2.82. The first-order valence-corrected chi connectivity index (χ1v) is 7.60. The lowest BCUT2D eigenvalue weighted by Crippen LogP contribution is -2.78. The molecule has 5 atom stereocenters. The predicted molar refractivity (Wildman–Crippen MR) is 75.4 cm³/mol. The van der Waals surface area contributed by atoms with Crippen LogP contribution in [-0.2, 0) is 9.47 Å². The zero-order valence-electron chi connectivity index (χ0n) is 13.0. The molecular formula is C13H21FN4O5. The van der Waals surface area contributed by atoms with Crippen LogP contribution in [0.4, 0.5) is 9.18 Å². The van der Waals surface area contributed by atoms with Crippen LogP contribution in [0.1, 0.15) is 26.2 Å². The number of methoxy groups -OCH3 is 1. The number of carbonyl (C=O) groups is 1. The molecule has 0 radical (unpaired) electrons. The van der Waals surface area contributed by atoms with Crippen molar-refractivity contribution < 1.29 is 29.0 Å². The molecule has 4 N–H and O–H groups in total. The smallest absolute Gasteiger partial charge is 0.319 e. The van der Waals surface area contributed by atoms with Crippen LogP contribution in [0.2, 0.25) is 0 Å². The van der Waals surface area contributed by atoms with Crippen LogP contribution in [0.3, 0.4) is 0 Å². The molecule has 130 valence electrons. The number of fused-ring (bicyclic) bond motifs is 1. The van der Waals surface area contributed by atoms with Gasteiger partial charge in [0, 0.05) is 6.61 Å². The highest BCUT2D eigenvalue weighted by Gasteiger charge is 2.73. The highest BCUT2D eigenvalue weighted by molar-refractivity contribution is 5.97. The summed E-state index contributed by atoms with van der Waals surface area (Å²) in [4.78, 5) is 16.0. The maximum atomic E-state index is 15.7. The van der Waals surface area contributed by atoms with E-state index in [1.165, 1.54) is 7.11 Å². The lowest BCUT2D eigenvalue weighted by atomic mass is 9.84. The van der Waals surface area contributed by atoms with Crippen molar-refractivity contribution in [2.45, 2.75) is 56.0 Å². The number of amides is 2. The average molecular weight is 332 g/mol. The summed E-state index contributed by atoms with van der Waals surface area (Å²) < 4.78 is 26.4. The molecule has 0 spiro atoms. The SMILES string of the molecule is CCC(O)[C@@]12NC(=O)NC1(F)N(O)C(C1CCCO1)N=C2OC. The van der Waals surface area contributed by atoms with Gasteiger partial charge in [0.15, 0.2) is 6.17 Å². The Balaban J connectivity index is 2.11. The number of aliphatic hydroxyl groups is 1. The van der Waals surface area contributed by atoms with Crippen molar-refractivity contribution in [1.82, 2.24) is 15.7 Å². The number of hydrogen-bond acceptors (Lipinski definition) is 7. The number of nitrogens with one attached hydrogen (secondary N) is 2. The third-order valence-electron chi connectivity index (χ3n) is 4.64. The molecule has 0 aromatic rings. The van der Waals surface area contributed by atoms with E-state index in [2.05, 4.69) is 10.3 Å². The second-order valence-corrected chi connectivity index (χ2v) is 5.88. The molecule has 3 rings (SSSR count). The second kappa shape index (κ2) is 5.55. The van der Waals surface area contributed by atoms with Crippen molar-refractivity contribution in [2.24, 2.45) is 4.99 Å². The number of carbonyl (C=O) groups excluding carboxylic acids is 1. The monoisotopic (exact) mass is 332 g/mol. The van der Waals surface area contributed by atoms with E-state index in [1.54, 1.807) is 6.92 Å². The lowest BCUT2D eigenvalue weighted by Gasteiger charge is -2.49. The number of ether oxygens (including phenoxy) is 2. The van der Waals surface area contributed by atoms with Gasteiger partial charge in [0.25, 0.3) is 5.92 Å². The number of halogens is 1. The Kier molecular flexibility index (Phi) is 3.95. The molecule has 2 fully saturated rings. The Morgan fingerprint density at radius 3 is 2.91 bits per heavy atom. The minimum Gasteiger partial charge on any atom is -0.482 e. The first kappa shape index (κ1) is 16.4. The predicted octanol–water partition coefficient (Wildman–Crippen LogP) is -0.313. The van der Waals surface area contributed by atoms with Gasteiger partial charge in [-0.25, -0.2) is 9.79 Å². The van der Waals surface area contributed by atoms with Crippen molar-refractivity contribution in [3.63, 3.8) is 0 Å². The van der Waals surface area contributed by atoms with Crippen molar-refractivity contribution in [1.29, 1.82) is 0 Å². The van der Waals surface area contributed by atoms with E-state index < -0.39 is 35.9 Å². The van der Waals surface area contributed by atoms with Crippen LogP contribution in [0, 0.1) is 0 Å². The van der Waals surface area contributed by atoms with Crippen LogP contribution in [0.25, 0.3) is 0 Å². The first-order valence-electron chi connectivity index (χ1n) is 7.60. The summed E-state index contributed by atoms with van der Waals surface area (Å²) in [5.74, 6) is -3.01. The zero-order valence-corrected chi connectivity index (χ0v) is 13.0. The van der Waals surface area contributed by atoms with E-state index in [0.29, 0.717) is 18.1 Å². The highest BCUT2D eigenvalue weighted by atomic mass is 19.2. The lowest BCUT2D eigenvalue weighted by molar-refractivity contribution is -0.298. The minimum absolute atomic E-state index is 0.106. The van der Waals surface area contributed by atoms with Gasteiger partial charge in [-0.15, -0.1) is 5.06 Å². The van der Waals surface area contributed by atoms with E-state index >= 15 is 4.39 Å². The highest BCUT2D eigenvalue weighted by Crippen LogP contribution is 2.42. The summed E-state index contributed by atoms with van der Waals surface area (Å²) in [6, 6.07) is -0.878. The topological polar surface area (TPSA) is 116 Å². The third-order valence-corrected chi connectivity index (χ3v) is 4.64. The van der Waals surface area contributed by atoms with E-state index in [4.69, 9.17) is 9.47 Å². The number of alkyl halides is 1. The van der Waals surface area contributed by atoms with Gasteiger partial charge >= 0.3 is 6.03 Å². The van der Waals surface area contributed by atoms with E-state index in [-0.39, 0.29) is 12.3 Å². The Labute approximate surface area is 132 Å². The standard InChI is InChI=1S/C13H21FN4O5/c1-3-8(19)12-10(22-2)15-9(7-5-4-6-23-7)18(21)13(12,14)17-11(20)16-12/h7-9,19,21H,3-6H2,1-2H3,(H2,16,17,20)/t7?,8?,9?,12-,13?/m0/s1. The second-order valence-electron chi connectivity index (χ2n) is 5.88. The molecule has 0 aromatic carbocycles. The van der Waals surface area contributed by atoms with Crippen LogP contribution >= 0.6 is 0 Å². The number of aliphatic imine (C=N–C) groups is 1. The number of urea groups is 1. The summed E-state index contributed by atoms with van der Waals surface area (Å²) in [6.45, 7) is 2.10. The summed E-state index contributed by atoms with van der Waals surface area (Å²) in [7, 11) is 1.27. The Hall–Kier alpha value is -1.49. The molecule has 0 saturated carbocycles. The van der Waals surface area contributed by atoms with Crippen molar-refractivity contribution >= 4 is 11.9 Å². The van der Waals surface area contributed by atoms with Crippen LogP contribution < -0.4 is 10.6 Å². The molecule has 4 unspecified atom stereocenters. The van der Waals surface area contributed by atoms with Crippen LogP contribution in [0.15, 0.2) is 4.99 Å². The summed E-state index contributed by atoms with van der Waals surface area (Å²) in [6.07, 6.45) is -1.54. The van der Waals surface area contributed by atoms with Crippen molar-refractivity contribution in [3.8, 4) is 0 Å². The maximum Gasteiger partial charge on any atom is 0.319 e. The molecule has 0 bridgehead atoms. The quantitative estimate of drug-likeness (QED) is 0.527. The first-order chi connectivity index (χ1) is 10.9. The molecule has 9 nitrogen and oxygen atoms in total. The molecule has 10 heteroatoms. The summed E-state index contributed by atoms with van der Waals surface area (Å²) in [5.41, 5.74) is -2.04. The molecule has 3 aliphatic heterocycles. The summed E-state index contributed by atoms with van der Waals surface area (Å²) in [5, 5.41) is 25.5. The molecular weight excluding hydrogens is 311 g/mol. The van der Waals surface area contributed by atoms with Gasteiger partial charge in [-0.1, -0.05) is 6.92 Å². The van der Waals surface area contributed by atoms with Crippen LogP contribution in [0.5, 0.6) is 0 Å². The maximum absolute atomic E-state index is 15.7. The molecule has 0 aromatic heterocycles. The van der Waals surface area contributed by atoms with Crippen molar-refractivity contribution in [2.75, 3.05) is 13.7 Å². The fourth-order valence-corrected chi connectivity index (χ4v) is 3.48. The van der Waals surface area contributed by atoms with Gasteiger partial charge in [-0.2, -0.15) is 4.39 Å². The van der Waals surface area contributed by atoms with Gasteiger partial charge in [0.2, 0.25) is 11.4 Å². The van der Waals surface area contributed by atoms with Crippen molar-refractivity contribution in [3.05, 3.63) is 0 Å².